The van der Waals surface area contributed by atoms with Crippen LogP contribution in [-0.2, 0) is 4.79 Å². The third-order valence-corrected chi connectivity index (χ3v) is 3.04. The highest BCUT2D eigenvalue weighted by Gasteiger charge is 2.31. The molecule has 1 amide bonds. The second-order valence-electron chi connectivity index (χ2n) is 4.38. The Morgan fingerprint density at radius 2 is 2.07 bits per heavy atom. The van der Waals surface area contributed by atoms with E-state index in [9.17, 15) is 4.79 Å². The maximum atomic E-state index is 11.9. The van der Waals surface area contributed by atoms with Crippen molar-refractivity contribution in [2.45, 2.75) is 39.2 Å². The smallest absolute Gasteiger partial charge is 0.240 e. The van der Waals surface area contributed by atoms with Crippen molar-refractivity contribution in [3.05, 3.63) is 0 Å². The summed E-state index contributed by atoms with van der Waals surface area (Å²) in [5.41, 5.74) is 0. The van der Waals surface area contributed by atoms with Crippen molar-refractivity contribution in [2.75, 3.05) is 7.05 Å². The molecule has 1 rings (SSSR count). The average molecular weight is 194 g/mol. The fourth-order valence-corrected chi connectivity index (χ4v) is 1.66. The van der Waals surface area contributed by atoms with Crippen LogP contribution in [-0.4, -0.2) is 23.9 Å². The van der Waals surface area contributed by atoms with Crippen LogP contribution in [0, 0.1) is 23.2 Å². The number of carbonyl (C=O) groups excluding carboxylic acids is 1. The molecular weight excluding hydrogens is 176 g/mol. The second kappa shape index (κ2) is 4.45. The fraction of sp³-hybridized carbons (Fsp3) is 0.818. The molecule has 3 nitrogen and oxygen atoms in total. The highest BCUT2D eigenvalue weighted by atomic mass is 16.2. The molecule has 78 valence electrons. The normalized spacial score (nSPS) is 18.5. The highest BCUT2D eigenvalue weighted by molar-refractivity contribution is 5.81. The molecule has 0 aliphatic heterocycles. The molecule has 0 saturated heterocycles. The van der Waals surface area contributed by atoms with E-state index >= 15 is 0 Å². The zero-order chi connectivity index (χ0) is 10.7. The lowest BCUT2D eigenvalue weighted by molar-refractivity contribution is -0.137. The predicted molar refractivity (Wildman–Crippen MR) is 54.4 cm³/mol. The lowest BCUT2D eigenvalue weighted by Gasteiger charge is -2.36. The van der Waals surface area contributed by atoms with Gasteiger partial charge in [0.1, 0.15) is 5.92 Å². The van der Waals surface area contributed by atoms with Gasteiger partial charge in [0, 0.05) is 13.1 Å². The van der Waals surface area contributed by atoms with Gasteiger partial charge in [-0.3, -0.25) is 4.79 Å². The first-order valence-electron chi connectivity index (χ1n) is 5.24. The number of nitriles is 1. The Balaban J connectivity index is 2.58. The Bertz CT molecular complexity index is 251. The summed E-state index contributed by atoms with van der Waals surface area (Å²) in [6.45, 7) is 3.83. The van der Waals surface area contributed by atoms with Crippen molar-refractivity contribution in [3.8, 4) is 6.07 Å². The van der Waals surface area contributed by atoms with Gasteiger partial charge in [-0.15, -0.1) is 0 Å². The first-order valence-corrected chi connectivity index (χ1v) is 5.24. The van der Waals surface area contributed by atoms with Crippen LogP contribution in [0.4, 0.5) is 0 Å². The minimum absolute atomic E-state index is 0.00722. The van der Waals surface area contributed by atoms with Gasteiger partial charge in [-0.2, -0.15) is 5.26 Å². The van der Waals surface area contributed by atoms with E-state index in [0.29, 0.717) is 6.04 Å². The Morgan fingerprint density at radius 1 is 1.50 bits per heavy atom. The molecule has 0 N–H and O–H groups in total. The molecule has 14 heavy (non-hydrogen) atoms. The summed E-state index contributed by atoms with van der Waals surface area (Å²) in [6, 6.07) is 2.48. The van der Waals surface area contributed by atoms with Crippen molar-refractivity contribution in [3.63, 3.8) is 0 Å². The Kier molecular flexibility index (Phi) is 3.51. The van der Waals surface area contributed by atoms with E-state index in [2.05, 4.69) is 6.07 Å². The van der Waals surface area contributed by atoms with E-state index < -0.39 is 5.92 Å². The molecule has 3 heteroatoms. The van der Waals surface area contributed by atoms with Crippen LogP contribution in [0.2, 0.25) is 0 Å². The van der Waals surface area contributed by atoms with E-state index in [4.69, 9.17) is 5.26 Å². The molecule has 1 atom stereocenters. The molecule has 0 aromatic rings. The maximum Gasteiger partial charge on any atom is 0.240 e. The lowest BCUT2D eigenvalue weighted by atomic mass is 9.89. The van der Waals surface area contributed by atoms with Crippen molar-refractivity contribution in [1.82, 2.24) is 4.90 Å². The van der Waals surface area contributed by atoms with Crippen molar-refractivity contribution >= 4 is 5.91 Å². The van der Waals surface area contributed by atoms with E-state index in [1.165, 1.54) is 6.42 Å². The summed E-state index contributed by atoms with van der Waals surface area (Å²) < 4.78 is 0. The number of amides is 1. The van der Waals surface area contributed by atoms with Gasteiger partial charge >= 0.3 is 0 Å². The molecule has 1 unspecified atom stereocenters. The molecule has 0 radical (unpaired) electrons. The van der Waals surface area contributed by atoms with Crippen molar-refractivity contribution in [1.29, 1.82) is 5.26 Å². The zero-order valence-corrected chi connectivity index (χ0v) is 9.16. The monoisotopic (exact) mass is 194 g/mol. The first kappa shape index (κ1) is 11.0. The van der Waals surface area contributed by atoms with Crippen LogP contribution in [0.3, 0.4) is 0 Å². The summed E-state index contributed by atoms with van der Waals surface area (Å²) in [5.74, 6) is -0.372. The quantitative estimate of drug-likeness (QED) is 0.687. The largest absolute Gasteiger partial charge is 0.342 e. The van der Waals surface area contributed by atoms with Crippen LogP contribution in [0.1, 0.15) is 33.1 Å². The van der Waals surface area contributed by atoms with E-state index in [0.717, 1.165) is 12.8 Å². The first-order chi connectivity index (χ1) is 6.57. The van der Waals surface area contributed by atoms with Gasteiger partial charge in [-0.1, -0.05) is 13.8 Å². The zero-order valence-electron chi connectivity index (χ0n) is 9.16. The third kappa shape index (κ3) is 2.06. The Morgan fingerprint density at radius 3 is 2.36 bits per heavy atom. The molecule has 1 fully saturated rings. The summed E-state index contributed by atoms with van der Waals surface area (Å²) in [5, 5.41) is 8.89. The summed E-state index contributed by atoms with van der Waals surface area (Å²) in [4.78, 5) is 13.6. The van der Waals surface area contributed by atoms with Crippen molar-refractivity contribution in [2.24, 2.45) is 11.8 Å². The highest BCUT2D eigenvalue weighted by Crippen LogP contribution is 2.25. The maximum absolute atomic E-state index is 11.9. The average Bonchev–Trinajstić information content (AvgIpc) is 2.01. The van der Waals surface area contributed by atoms with Gasteiger partial charge in [0.05, 0.1) is 6.07 Å². The molecule has 0 spiro atoms. The Labute approximate surface area is 85.7 Å². The third-order valence-electron chi connectivity index (χ3n) is 3.04. The molecule has 0 aromatic heterocycles. The topological polar surface area (TPSA) is 44.1 Å². The van der Waals surface area contributed by atoms with E-state index in [1.54, 1.807) is 4.90 Å². The SMILES string of the molecule is CC(C)C(C#N)C(=O)N(C)C1CCC1. The van der Waals surface area contributed by atoms with Crippen molar-refractivity contribution < 1.29 is 4.79 Å². The predicted octanol–water partition coefficient (Wildman–Crippen LogP) is 1.79. The lowest BCUT2D eigenvalue weighted by Crippen LogP contribution is -2.44. The molecule has 0 heterocycles. The van der Waals surface area contributed by atoms with E-state index in [-0.39, 0.29) is 11.8 Å². The summed E-state index contributed by atoms with van der Waals surface area (Å²) >= 11 is 0. The second-order valence-corrected chi connectivity index (χ2v) is 4.38. The molecule has 0 bridgehead atoms. The number of nitrogens with zero attached hydrogens (tertiary/aromatic N) is 2. The van der Waals surface area contributed by atoms with Gasteiger partial charge in [-0.05, 0) is 25.2 Å². The van der Waals surface area contributed by atoms with Crippen LogP contribution in [0.15, 0.2) is 0 Å². The van der Waals surface area contributed by atoms with Gasteiger partial charge in [0.2, 0.25) is 5.91 Å². The van der Waals surface area contributed by atoms with Gasteiger partial charge in [0.25, 0.3) is 0 Å². The van der Waals surface area contributed by atoms with Gasteiger partial charge in [-0.25, -0.2) is 0 Å². The standard InChI is InChI=1S/C11H18N2O/c1-8(2)10(7-12)11(14)13(3)9-5-4-6-9/h8-10H,4-6H2,1-3H3. The number of hydrogen-bond donors (Lipinski definition) is 0. The fourth-order valence-electron chi connectivity index (χ4n) is 1.66. The van der Waals surface area contributed by atoms with Crippen LogP contribution < -0.4 is 0 Å². The number of rotatable bonds is 3. The number of carbonyl (C=O) groups is 1. The summed E-state index contributed by atoms with van der Waals surface area (Å²) in [6.07, 6.45) is 3.40. The van der Waals surface area contributed by atoms with Crippen LogP contribution in [0.25, 0.3) is 0 Å². The number of hydrogen-bond acceptors (Lipinski definition) is 2. The minimum Gasteiger partial charge on any atom is -0.342 e. The van der Waals surface area contributed by atoms with Crippen LogP contribution >= 0.6 is 0 Å². The van der Waals surface area contributed by atoms with E-state index in [1.807, 2.05) is 20.9 Å². The molecule has 1 aliphatic rings. The Hall–Kier alpha value is -1.04. The minimum atomic E-state index is -0.472. The molecule has 1 aliphatic carbocycles. The summed E-state index contributed by atoms with van der Waals surface area (Å²) in [7, 11) is 1.82. The van der Waals surface area contributed by atoms with Gasteiger partial charge in [0.15, 0.2) is 0 Å². The molecular formula is C11H18N2O. The van der Waals surface area contributed by atoms with Crippen LogP contribution in [0.5, 0.6) is 0 Å². The molecule has 0 aromatic carbocycles. The van der Waals surface area contributed by atoms with Gasteiger partial charge < -0.3 is 4.90 Å². The molecule has 1 saturated carbocycles.